The van der Waals surface area contributed by atoms with Crippen molar-refractivity contribution in [2.45, 2.75) is 18.9 Å². The smallest absolute Gasteiger partial charge is 0.229 e. The average Bonchev–Trinajstić information content (AvgIpc) is 3.06. The summed E-state index contributed by atoms with van der Waals surface area (Å²) in [6, 6.07) is 2.17. The Bertz CT molecular complexity index is 681. The summed E-state index contributed by atoms with van der Waals surface area (Å²) in [5.74, 6) is 1.42. The molecule has 0 spiro atoms. The molecule has 2 aromatic heterocycles. The third kappa shape index (κ3) is 1.62. The molecule has 2 aliphatic heterocycles. The molecule has 2 aromatic rings. The van der Waals surface area contributed by atoms with Gasteiger partial charge in [0.15, 0.2) is 0 Å². The number of carbonyl (C=O) groups is 1. The Balaban J connectivity index is 1.65. The number of nitrogens with one attached hydrogen (secondary N) is 1. The van der Waals surface area contributed by atoms with E-state index in [-0.39, 0.29) is 5.91 Å². The second kappa shape index (κ2) is 4.09. The summed E-state index contributed by atoms with van der Waals surface area (Å²) in [7, 11) is 0. The van der Waals surface area contributed by atoms with Crippen LogP contribution in [-0.4, -0.2) is 51.4 Å². The molecule has 7 nitrogen and oxygen atoms in total. The number of hydrogen-bond acceptors (Lipinski definition) is 5. The van der Waals surface area contributed by atoms with E-state index >= 15 is 0 Å². The first-order valence-corrected chi connectivity index (χ1v) is 6.87. The number of amides is 1. The summed E-state index contributed by atoms with van der Waals surface area (Å²) < 4.78 is 0. The van der Waals surface area contributed by atoms with E-state index < -0.39 is 0 Å². The first-order chi connectivity index (χ1) is 9.72. The van der Waals surface area contributed by atoms with Crippen LogP contribution in [0.5, 0.6) is 0 Å². The van der Waals surface area contributed by atoms with E-state index in [9.17, 15) is 4.79 Å². The number of piperazine rings is 1. The van der Waals surface area contributed by atoms with Crippen LogP contribution in [0.4, 0.5) is 11.8 Å². The number of H-pyrrole nitrogens is 1. The maximum absolute atomic E-state index is 11.7. The molecule has 7 heteroatoms. The minimum atomic E-state index is 0.273. The molecule has 104 valence electrons. The van der Waals surface area contributed by atoms with Gasteiger partial charge < -0.3 is 20.5 Å². The molecule has 1 amide bonds. The summed E-state index contributed by atoms with van der Waals surface area (Å²) in [6.45, 7) is 2.29. The molecule has 0 bridgehead atoms. The number of fused-ring (bicyclic) bond motifs is 2. The zero-order chi connectivity index (χ0) is 13.7. The van der Waals surface area contributed by atoms with Crippen LogP contribution in [0.2, 0.25) is 0 Å². The Morgan fingerprint density at radius 3 is 3.15 bits per heavy atom. The molecular weight excluding hydrogens is 256 g/mol. The predicted octanol–water partition coefficient (Wildman–Crippen LogP) is 0.351. The fourth-order valence-corrected chi connectivity index (χ4v) is 3.14. The molecule has 1 atom stereocenters. The molecule has 2 aliphatic rings. The molecule has 20 heavy (non-hydrogen) atoms. The van der Waals surface area contributed by atoms with Crippen molar-refractivity contribution >= 4 is 28.7 Å². The van der Waals surface area contributed by atoms with Crippen molar-refractivity contribution in [1.82, 2.24) is 19.9 Å². The highest BCUT2D eigenvalue weighted by Crippen LogP contribution is 2.26. The molecule has 0 saturated carbocycles. The Labute approximate surface area is 115 Å². The van der Waals surface area contributed by atoms with Gasteiger partial charge in [-0.05, 0) is 12.5 Å². The van der Waals surface area contributed by atoms with Crippen LogP contribution in [0.25, 0.3) is 11.0 Å². The Morgan fingerprint density at radius 2 is 2.25 bits per heavy atom. The number of aromatic amines is 1. The zero-order valence-electron chi connectivity index (χ0n) is 11.0. The molecule has 4 rings (SSSR count). The van der Waals surface area contributed by atoms with Crippen molar-refractivity contribution in [3.8, 4) is 0 Å². The van der Waals surface area contributed by atoms with Crippen molar-refractivity contribution in [3.63, 3.8) is 0 Å². The van der Waals surface area contributed by atoms with Gasteiger partial charge in [0.2, 0.25) is 11.9 Å². The molecule has 3 N–H and O–H groups in total. The quantitative estimate of drug-likeness (QED) is 0.781. The number of aromatic nitrogens is 3. The first kappa shape index (κ1) is 11.5. The number of carbonyl (C=O) groups excluding carboxylic acids is 1. The molecule has 2 fully saturated rings. The van der Waals surface area contributed by atoms with E-state index in [0.717, 1.165) is 37.1 Å². The third-order valence-corrected chi connectivity index (χ3v) is 4.21. The molecule has 0 aliphatic carbocycles. The van der Waals surface area contributed by atoms with Crippen molar-refractivity contribution in [1.29, 1.82) is 0 Å². The van der Waals surface area contributed by atoms with Gasteiger partial charge in [-0.1, -0.05) is 0 Å². The van der Waals surface area contributed by atoms with Crippen molar-refractivity contribution in [2.75, 3.05) is 30.3 Å². The highest BCUT2D eigenvalue weighted by Gasteiger charge is 2.36. The summed E-state index contributed by atoms with van der Waals surface area (Å²) in [5.41, 5.74) is 6.74. The maximum Gasteiger partial charge on any atom is 0.229 e. The van der Waals surface area contributed by atoms with E-state index in [2.05, 4.69) is 19.9 Å². The van der Waals surface area contributed by atoms with E-state index in [1.165, 1.54) is 0 Å². The lowest BCUT2D eigenvalue weighted by Gasteiger charge is -2.37. The van der Waals surface area contributed by atoms with Gasteiger partial charge in [-0.3, -0.25) is 4.79 Å². The number of rotatable bonds is 1. The van der Waals surface area contributed by atoms with E-state index in [1.54, 1.807) is 0 Å². The predicted molar refractivity (Wildman–Crippen MR) is 75.2 cm³/mol. The number of nitrogens with zero attached hydrogens (tertiary/aromatic N) is 4. The molecule has 2 saturated heterocycles. The molecule has 4 heterocycles. The average molecular weight is 272 g/mol. The van der Waals surface area contributed by atoms with E-state index in [1.807, 2.05) is 17.2 Å². The second-order valence-corrected chi connectivity index (χ2v) is 5.37. The fourth-order valence-electron chi connectivity index (χ4n) is 3.14. The number of hydrogen-bond donors (Lipinski definition) is 2. The Kier molecular flexibility index (Phi) is 2.35. The summed E-state index contributed by atoms with van der Waals surface area (Å²) >= 11 is 0. The lowest BCUT2D eigenvalue weighted by Crippen LogP contribution is -2.52. The van der Waals surface area contributed by atoms with Crippen LogP contribution in [0.15, 0.2) is 12.3 Å². The normalized spacial score (nSPS) is 22.6. The minimum absolute atomic E-state index is 0.273. The maximum atomic E-state index is 11.7. The van der Waals surface area contributed by atoms with E-state index in [4.69, 9.17) is 5.73 Å². The van der Waals surface area contributed by atoms with Gasteiger partial charge >= 0.3 is 0 Å². The van der Waals surface area contributed by atoms with Crippen molar-refractivity contribution in [3.05, 3.63) is 12.3 Å². The fraction of sp³-hybridized carbons (Fsp3) is 0.462. The van der Waals surface area contributed by atoms with Crippen LogP contribution in [0, 0.1) is 0 Å². The zero-order valence-corrected chi connectivity index (χ0v) is 11.0. The highest BCUT2D eigenvalue weighted by atomic mass is 16.2. The number of nitrogen functional groups attached to an aromatic ring is 1. The van der Waals surface area contributed by atoms with Crippen LogP contribution in [-0.2, 0) is 4.79 Å². The van der Waals surface area contributed by atoms with Gasteiger partial charge in [0.25, 0.3) is 0 Å². The number of anilines is 2. The van der Waals surface area contributed by atoms with Crippen LogP contribution in [0.3, 0.4) is 0 Å². The summed E-state index contributed by atoms with van der Waals surface area (Å²) in [6.07, 6.45) is 3.40. The molecular formula is C13H16N6O. The number of nitrogens with two attached hydrogens (primary N) is 1. The van der Waals surface area contributed by atoms with Gasteiger partial charge in [-0.25, -0.2) is 0 Å². The topological polar surface area (TPSA) is 91.1 Å². The van der Waals surface area contributed by atoms with Crippen LogP contribution in [0.1, 0.15) is 12.8 Å². The Hall–Kier alpha value is -2.31. The van der Waals surface area contributed by atoms with Crippen LogP contribution >= 0.6 is 0 Å². The van der Waals surface area contributed by atoms with Gasteiger partial charge in [-0.2, -0.15) is 9.97 Å². The van der Waals surface area contributed by atoms with Crippen LogP contribution < -0.4 is 10.6 Å². The summed E-state index contributed by atoms with van der Waals surface area (Å²) in [4.78, 5) is 27.8. The van der Waals surface area contributed by atoms with E-state index in [0.29, 0.717) is 24.2 Å². The van der Waals surface area contributed by atoms with Gasteiger partial charge in [0.1, 0.15) is 11.5 Å². The standard InChI is InChI=1S/C13H16N6O/c14-11-9-3-4-15-12(9)17-13(16-11)18-5-6-19-8(7-18)1-2-10(19)20/h3-4,8H,1-2,5-7H2,(H3,14,15,16,17). The first-order valence-electron chi connectivity index (χ1n) is 6.87. The minimum Gasteiger partial charge on any atom is -0.383 e. The SMILES string of the molecule is Nc1nc(N2CCN3C(=O)CCC3C2)nc2[nH]ccc12. The lowest BCUT2D eigenvalue weighted by atomic mass is 10.1. The molecule has 0 aromatic carbocycles. The van der Waals surface area contributed by atoms with Gasteiger partial charge in [0.05, 0.1) is 5.39 Å². The third-order valence-electron chi connectivity index (χ3n) is 4.21. The van der Waals surface area contributed by atoms with Crippen molar-refractivity contribution < 1.29 is 4.79 Å². The largest absolute Gasteiger partial charge is 0.383 e. The highest BCUT2D eigenvalue weighted by molar-refractivity contribution is 5.86. The van der Waals surface area contributed by atoms with Gasteiger partial charge in [-0.15, -0.1) is 0 Å². The van der Waals surface area contributed by atoms with Gasteiger partial charge in [0, 0.05) is 38.3 Å². The van der Waals surface area contributed by atoms with Crippen molar-refractivity contribution in [2.24, 2.45) is 0 Å². The monoisotopic (exact) mass is 272 g/mol. The second-order valence-electron chi connectivity index (χ2n) is 5.37. The Morgan fingerprint density at radius 1 is 1.35 bits per heavy atom. The molecule has 0 radical (unpaired) electrons. The molecule has 1 unspecified atom stereocenters. The lowest BCUT2D eigenvalue weighted by molar-refractivity contribution is -0.129. The summed E-state index contributed by atoms with van der Waals surface area (Å²) in [5, 5.41) is 0.850.